The number of nitrogens with two attached hydrogens (primary N) is 2. The van der Waals surface area contributed by atoms with Gasteiger partial charge in [-0.3, -0.25) is 19.2 Å². The first-order chi connectivity index (χ1) is 21.7. The summed E-state index contributed by atoms with van der Waals surface area (Å²) in [6.07, 6.45) is 7.16. The minimum Gasteiger partial charge on any atom is -0.365 e. The van der Waals surface area contributed by atoms with Gasteiger partial charge in [0.25, 0.3) is 23.6 Å². The molecule has 46 heavy (non-hydrogen) atoms. The third-order valence-corrected chi connectivity index (χ3v) is 13.1. The molecule has 3 heterocycles. The molecule has 11 heteroatoms. The second-order valence-electron chi connectivity index (χ2n) is 14.0. The summed E-state index contributed by atoms with van der Waals surface area (Å²) in [5.41, 5.74) is 14.5. The average molecular weight is 664 g/mol. The van der Waals surface area contributed by atoms with E-state index in [0.717, 1.165) is 72.2 Å². The molecular formula is C35H45N5O4S2. The Balaban J connectivity index is 1.35. The standard InChI is InChI=1S/C35H45N5O4S2/c1-7-34(3,4)18-12-14-20-24(16-18)45-32(26(20)28(36)41)39-30(43)22-10-9-11-23(38-22)31(44)40-33-27(29(37)42)21-15-13-19(17-25(21)46-33)35(5,6)8-2/h9-11,18-19H,7-8,12-17H2,1-6H3,(H2,36,41)(H2,37,42)(H,39,43)(H,40,44). The van der Waals surface area contributed by atoms with E-state index in [1.807, 2.05) is 0 Å². The van der Waals surface area contributed by atoms with Gasteiger partial charge >= 0.3 is 0 Å². The van der Waals surface area contributed by atoms with Crippen LogP contribution in [0.3, 0.4) is 0 Å². The predicted molar refractivity (Wildman–Crippen MR) is 185 cm³/mol. The third kappa shape index (κ3) is 6.49. The first-order valence-corrected chi connectivity index (χ1v) is 17.8. The number of anilines is 2. The van der Waals surface area contributed by atoms with Gasteiger partial charge < -0.3 is 22.1 Å². The van der Waals surface area contributed by atoms with Crippen molar-refractivity contribution < 1.29 is 19.2 Å². The predicted octanol–water partition coefficient (Wildman–Crippen LogP) is 6.99. The molecule has 246 valence electrons. The minimum atomic E-state index is -0.574. The molecule has 0 radical (unpaired) electrons. The Morgan fingerprint density at radius 3 is 1.50 bits per heavy atom. The highest BCUT2D eigenvalue weighted by Crippen LogP contribution is 2.47. The summed E-state index contributed by atoms with van der Waals surface area (Å²) in [6, 6.07) is 4.60. The van der Waals surface area contributed by atoms with Crippen molar-refractivity contribution in [3.8, 4) is 0 Å². The SMILES string of the molecule is CCC(C)(C)C1CCc2c(sc(NC(=O)c3cccc(C(=O)Nc4sc5c(c4C(N)=O)CCC(C(C)(C)CC)C5)n3)c2C(N)=O)C1. The molecule has 6 N–H and O–H groups in total. The van der Waals surface area contributed by atoms with Crippen LogP contribution >= 0.6 is 22.7 Å². The number of pyridine rings is 1. The molecule has 5 rings (SSSR count). The number of rotatable bonds is 10. The monoisotopic (exact) mass is 663 g/mol. The summed E-state index contributed by atoms with van der Waals surface area (Å²) >= 11 is 2.79. The van der Waals surface area contributed by atoms with Crippen LogP contribution in [0.1, 0.15) is 130 Å². The summed E-state index contributed by atoms with van der Waals surface area (Å²) in [7, 11) is 0. The zero-order valence-corrected chi connectivity index (χ0v) is 29.2. The van der Waals surface area contributed by atoms with Crippen LogP contribution in [0.25, 0.3) is 0 Å². The van der Waals surface area contributed by atoms with Crippen molar-refractivity contribution >= 4 is 56.3 Å². The number of nitrogens with zero attached hydrogens (tertiary/aromatic N) is 1. The fraction of sp³-hybridized carbons (Fsp3) is 0.514. The Bertz CT molecular complexity index is 1580. The maximum Gasteiger partial charge on any atom is 0.274 e. The number of carbonyl (C=O) groups is 4. The molecule has 2 atom stereocenters. The molecular weight excluding hydrogens is 619 g/mol. The summed E-state index contributed by atoms with van der Waals surface area (Å²) < 4.78 is 0. The zero-order valence-electron chi connectivity index (χ0n) is 27.6. The number of thiophene rings is 2. The van der Waals surface area contributed by atoms with Crippen molar-refractivity contribution in [2.45, 2.75) is 92.9 Å². The van der Waals surface area contributed by atoms with E-state index in [9.17, 15) is 19.2 Å². The molecule has 9 nitrogen and oxygen atoms in total. The Hall–Kier alpha value is -3.57. The molecule has 3 aromatic rings. The van der Waals surface area contributed by atoms with Crippen LogP contribution in [-0.4, -0.2) is 28.6 Å². The smallest absolute Gasteiger partial charge is 0.274 e. The van der Waals surface area contributed by atoms with E-state index >= 15 is 0 Å². The summed E-state index contributed by atoms with van der Waals surface area (Å²) in [6.45, 7) is 13.5. The Morgan fingerprint density at radius 2 is 1.15 bits per heavy atom. The maximum atomic E-state index is 13.4. The molecule has 0 saturated heterocycles. The highest BCUT2D eigenvalue weighted by atomic mass is 32.1. The number of fused-ring (bicyclic) bond motifs is 2. The van der Waals surface area contributed by atoms with Crippen LogP contribution in [0.4, 0.5) is 10.0 Å². The molecule has 0 bridgehead atoms. The Morgan fingerprint density at radius 1 is 0.761 bits per heavy atom. The van der Waals surface area contributed by atoms with E-state index in [2.05, 4.69) is 57.2 Å². The maximum absolute atomic E-state index is 13.4. The zero-order chi connectivity index (χ0) is 33.6. The first-order valence-electron chi connectivity index (χ1n) is 16.1. The second-order valence-corrected chi connectivity index (χ2v) is 16.2. The molecule has 0 spiro atoms. The largest absolute Gasteiger partial charge is 0.365 e. The fourth-order valence-corrected chi connectivity index (χ4v) is 9.46. The van der Waals surface area contributed by atoms with E-state index in [1.165, 1.54) is 34.8 Å². The quantitative estimate of drug-likeness (QED) is 0.184. The van der Waals surface area contributed by atoms with Gasteiger partial charge in [-0.15, -0.1) is 22.7 Å². The van der Waals surface area contributed by atoms with Crippen LogP contribution in [0, 0.1) is 22.7 Å². The van der Waals surface area contributed by atoms with E-state index in [1.54, 1.807) is 6.07 Å². The van der Waals surface area contributed by atoms with Gasteiger partial charge in [0, 0.05) is 9.75 Å². The summed E-state index contributed by atoms with van der Waals surface area (Å²) in [4.78, 5) is 58.4. The van der Waals surface area contributed by atoms with Crippen LogP contribution in [0.5, 0.6) is 0 Å². The van der Waals surface area contributed by atoms with E-state index in [4.69, 9.17) is 11.5 Å². The number of hydrogen-bond acceptors (Lipinski definition) is 7. The normalized spacial score (nSPS) is 18.0. The van der Waals surface area contributed by atoms with Gasteiger partial charge in [-0.25, -0.2) is 4.98 Å². The highest BCUT2D eigenvalue weighted by Gasteiger charge is 2.36. The number of amides is 4. The second kappa shape index (κ2) is 12.9. The summed E-state index contributed by atoms with van der Waals surface area (Å²) in [5, 5.41) is 6.53. The minimum absolute atomic E-state index is 0.0182. The molecule has 0 aromatic carbocycles. The molecule has 2 unspecified atom stereocenters. The fourth-order valence-electron chi connectivity index (χ4n) is 6.80. The van der Waals surface area contributed by atoms with Crippen molar-refractivity contribution in [1.82, 2.24) is 4.98 Å². The summed E-state index contributed by atoms with van der Waals surface area (Å²) in [5.74, 6) is -1.30. The Labute approximate surface area is 278 Å². The first kappa shape index (κ1) is 33.8. The van der Waals surface area contributed by atoms with Gasteiger partial charge in [-0.05, 0) is 84.5 Å². The van der Waals surface area contributed by atoms with Crippen LogP contribution in [-0.2, 0) is 25.7 Å². The average Bonchev–Trinajstić information content (AvgIpc) is 3.57. The highest BCUT2D eigenvalue weighted by molar-refractivity contribution is 7.17. The number of nitrogens with one attached hydrogen (secondary N) is 2. The number of carbonyl (C=O) groups excluding carboxylic acids is 4. The lowest BCUT2D eigenvalue weighted by Crippen LogP contribution is -2.29. The van der Waals surface area contributed by atoms with Gasteiger partial charge in [-0.1, -0.05) is 60.5 Å². The number of primary amides is 2. The Kier molecular flexibility index (Phi) is 9.48. The molecule has 0 fully saturated rings. The van der Waals surface area contributed by atoms with Gasteiger partial charge in [0.1, 0.15) is 21.4 Å². The van der Waals surface area contributed by atoms with Crippen molar-refractivity contribution in [3.63, 3.8) is 0 Å². The van der Waals surface area contributed by atoms with E-state index in [-0.39, 0.29) is 22.2 Å². The van der Waals surface area contributed by atoms with Gasteiger partial charge in [0.2, 0.25) is 0 Å². The molecule has 4 amide bonds. The van der Waals surface area contributed by atoms with Crippen LogP contribution < -0.4 is 22.1 Å². The lowest BCUT2D eigenvalue weighted by Gasteiger charge is -2.36. The van der Waals surface area contributed by atoms with E-state index in [0.29, 0.717) is 33.0 Å². The number of hydrogen-bond donors (Lipinski definition) is 4. The van der Waals surface area contributed by atoms with Crippen molar-refractivity contribution in [2.24, 2.45) is 34.1 Å². The molecule has 2 aliphatic rings. The number of aromatic nitrogens is 1. The molecule has 0 aliphatic heterocycles. The third-order valence-electron chi connectivity index (χ3n) is 10.7. The van der Waals surface area contributed by atoms with Crippen molar-refractivity contribution in [1.29, 1.82) is 0 Å². The van der Waals surface area contributed by atoms with Crippen LogP contribution in [0.15, 0.2) is 18.2 Å². The van der Waals surface area contributed by atoms with Crippen molar-refractivity contribution in [2.75, 3.05) is 10.6 Å². The van der Waals surface area contributed by atoms with E-state index < -0.39 is 23.6 Å². The lowest BCUT2D eigenvalue weighted by molar-refractivity contribution is 0.0989. The topological polar surface area (TPSA) is 157 Å². The lowest BCUT2D eigenvalue weighted by atomic mass is 9.69. The van der Waals surface area contributed by atoms with Gasteiger partial charge in [0.05, 0.1) is 11.1 Å². The van der Waals surface area contributed by atoms with Crippen molar-refractivity contribution in [3.05, 3.63) is 61.6 Å². The van der Waals surface area contributed by atoms with Crippen LogP contribution in [0.2, 0.25) is 0 Å². The molecule has 3 aromatic heterocycles. The molecule has 2 aliphatic carbocycles. The molecule has 0 saturated carbocycles. The van der Waals surface area contributed by atoms with Gasteiger partial charge in [0.15, 0.2) is 0 Å². The van der Waals surface area contributed by atoms with Gasteiger partial charge in [-0.2, -0.15) is 0 Å².